The number of aliphatic hydroxyl groups is 1. The van der Waals surface area contributed by atoms with Gasteiger partial charge in [0.15, 0.2) is 0 Å². The lowest BCUT2D eigenvalue weighted by Crippen LogP contribution is -2.63. The van der Waals surface area contributed by atoms with Crippen molar-refractivity contribution in [2.24, 2.45) is 0 Å². The Morgan fingerprint density at radius 1 is 1.14 bits per heavy atom. The van der Waals surface area contributed by atoms with Crippen LogP contribution in [0, 0.1) is 0 Å². The molecule has 0 aliphatic rings. The number of carboxylic acids is 1. The van der Waals surface area contributed by atoms with Gasteiger partial charge in [-0.25, -0.2) is 0 Å². The van der Waals surface area contributed by atoms with Gasteiger partial charge < -0.3 is 19.5 Å². The molecule has 0 aromatic rings. The molecule has 0 saturated heterocycles. The molecule has 0 aromatic heterocycles. The van der Waals surface area contributed by atoms with Gasteiger partial charge in [0.2, 0.25) is 0 Å². The molecule has 0 aliphatic heterocycles. The summed E-state index contributed by atoms with van der Waals surface area (Å²) >= 11 is 0. The van der Waals surface area contributed by atoms with Crippen LogP contribution in [0.4, 0.5) is 0 Å². The van der Waals surface area contributed by atoms with Gasteiger partial charge in [0, 0.05) is 6.42 Å². The zero-order valence-electron chi connectivity index (χ0n) is 14.2. The summed E-state index contributed by atoms with van der Waals surface area (Å²) in [6, 6.07) is -0.522. The molecule has 0 spiro atoms. The van der Waals surface area contributed by atoms with Crippen LogP contribution in [0.2, 0.25) is 0 Å². The van der Waals surface area contributed by atoms with E-state index in [1.54, 1.807) is 0 Å². The standard InChI is InChI=1S/C17H33NO3/c1-5-9-10-11-13-15(19)14-18(7-3,8-4)16(12-6-2)17(20)21/h9-10,15-16,19H,5-8,11-14H2,1-4H3/b10-9+. The van der Waals surface area contributed by atoms with E-state index < -0.39 is 18.1 Å². The molecule has 0 aliphatic carbocycles. The molecule has 124 valence electrons. The molecule has 0 heterocycles. The Balaban J connectivity index is 4.84. The van der Waals surface area contributed by atoms with Crippen molar-refractivity contribution in [1.82, 2.24) is 0 Å². The van der Waals surface area contributed by atoms with Crippen molar-refractivity contribution in [2.45, 2.75) is 71.9 Å². The first-order valence-electron chi connectivity index (χ1n) is 8.37. The van der Waals surface area contributed by atoms with Gasteiger partial charge in [-0.05, 0) is 33.1 Å². The Labute approximate surface area is 130 Å². The molecule has 0 rings (SSSR count). The maximum atomic E-state index is 11.5. The highest BCUT2D eigenvalue weighted by atomic mass is 16.4. The molecule has 2 unspecified atom stereocenters. The van der Waals surface area contributed by atoms with E-state index in [1.807, 2.05) is 20.8 Å². The first-order chi connectivity index (χ1) is 9.97. The summed E-state index contributed by atoms with van der Waals surface area (Å²) in [5, 5.41) is 21.8. The number of nitrogens with zero attached hydrogens (tertiary/aromatic N) is 1. The number of aliphatic carboxylic acids is 1. The Morgan fingerprint density at radius 3 is 2.19 bits per heavy atom. The summed E-state index contributed by atoms with van der Waals surface area (Å²) in [7, 11) is 0. The minimum absolute atomic E-state index is 0.412. The minimum atomic E-state index is -0.987. The summed E-state index contributed by atoms with van der Waals surface area (Å²) in [5.74, 6) is -0.987. The van der Waals surface area contributed by atoms with Crippen LogP contribution in [0.5, 0.6) is 0 Å². The summed E-state index contributed by atoms with van der Waals surface area (Å²) in [6.45, 7) is 9.97. The lowest BCUT2D eigenvalue weighted by atomic mass is 10.0. The summed E-state index contributed by atoms with van der Waals surface area (Å²) in [6.07, 6.45) is 7.65. The number of quaternary nitrogens is 1. The van der Waals surface area contributed by atoms with Crippen molar-refractivity contribution in [3.63, 3.8) is 0 Å². The molecule has 0 fully saturated rings. The fourth-order valence-corrected chi connectivity index (χ4v) is 3.02. The molecule has 0 radical (unpaired) electrons. The third-order valence-electron chi connectivity index (χ3n) is 4.40. The van der Waals surface area contributed by atoms with E-state index in [2.05, 4.69) is 19.1 Å². The van der Waals surface area contributed by atoms with Crippen LogP contribution >= 0.6 is 0 Å². The molecule has 4 nitrogen and oxygen atoms in total. The van der Waals surface area contributed by atoms with Gasteiger partial charge >= 0.3 is 0 Å². The zero-order valence-corrected chi connectivity index (χ0v) is 14.2. The normalized spacial score (nSPS) is 15.3. The van der Waals surface area contributed by atoms with Gasteiger partial charge in [-0.3, -0.25) is 0 Å². The number of aliphatic hydroxyl groups excluding tert-OH is 1. The average Bonchev–Trinajstić information content (AvgIpc) is 2.47. The smallest absolute Gasteiger partial charge is 0.129 e. The first-order valence-corrected chi connectivity index (χ1v) is 8.37. The molecule has 21 heavy (non-hydrogen) atoms. The molecule has 4 heteroatoms. The van der Waals surface area contributed by atoms with E-state index in [9.17, 15) is 15.0 Å². The van der Waals surface area contributed by atoms with Gasteiger partial charge in [-0.2, -0.15) is 0 Å². The summed E-state index contributed by atoms with van der Waals surface area (Å²) in [5.41, 5.74) is 0. The maximum absolute atomic E-state index is 11.5. The highest BCUT2D eigenvalue weighted by Crippen LogP contribution is 2.20. The monoisotopic (exact) mass is 299 g/mol. The van der Waals surface area contributed by atoms with E-state index in [0.717, 1.165) is 19.3 Å². The van der Waals surface area contributed by atoms with Gasteiger partial charge in [-0.1, -0.05) is 32.4 Å². The van der Waals surface area contributed by atoms with Crippen molar-refractivity contribution in [3.8, 4) is 0 Å². The Bertz CT molecular complexity index is 311. The van der Waals surface area contributed by atoms with Crippen molar-refractivity contribution >= 4 is 5.97 Å². The van der Waals surface area contributed by atoms with Crippen LogP contribution in [-0.2, 0) is 4.79 Å². The molecule has 0 saturated carbocycles. The van der Waals surface area contributed by atoms with Crippen LogP contribution in [0.3, 0.4) is 0 Å². The average molecular weight is 299 g/mol. The summed E-state index contributed by atoms with van der Waals surface area (Å²) < 4.78 is 0.412. The van der Waals surface area contributed by atoms with Crippen LogP contribution in [0.1, 0.15) is 59.8 Å². The maximum Gasteiger partial charge on any atom is 0.129 e. The van der Waals surface area contributed by atoms with Gasteiger partial charge in [0.05, 0.1) is 19.1 Å². The largest absolute Gasteiger partial charge is 0.544 e. The van der Waals surface area contributed by atoms with E-state index in [1.165, 1.54) is 0 Å². The number of allylic oxidation sites excluding steroid dienone is 2. The third-order valence-corrected chi connectivity index (χ3v) is 4.40. The number of hydrogen-bond donors (Lipinski definition) is 1. The van der Waals surface area contributed by atoms with Crippen molar-refractivity contribution in [2.75, 3.05) is 19.6 Å². The fourth-order valence-electron chi connectivity index (χ4n) is 3.02. The second kappa shape index (κ2) is 10.8. The fraction of sp³-hybridized carbons (Fsp3) is 0.824. The highest BCUT2D eigenvalue weighted by Gasteiger charge is 2.36. The molecule has 2 atom stereocenters. The van der Waals surface area contributed by atoms with E-state index in [0.29, 0.717) is 37.0 Å². The number of rotatable bonds is 12. The summed E-state index contributed by atoms with van der Waals surface area (Å²) in [4.78, 5) is 11.5. The zero-order chi connectivity index (χ0) is 16.3. The van der Waals surface area contributed by atoms with Gasteiger partial charge in [0.1, 0.15) is 18.7 Å². The molecule has 0 aromatic carbocycles. The number of likely N-dealkylation sites (N-methyl/N-ethyl adjacent to an activating group) is 1. The van der Waals surface area contributed by atoms with Crippen LogP contribution in [-0.4, -0.2) is 47.3 Å². The number of carboxylic acid groups (broad SMARTS) is 1. The SMILES string of the molecule is CC/C=C/CCC(O)C[N+](CC)(CC)C(CCC)C(=O)[O-]. The van der Waals surface area contributed by atoms with Crippen LogP contribution in [0.25, 0.3) is 0 Å². The number of carbonyl (C=O) groups excluding carboxylic acids is 1. The van der Waals surface area contributed by atoms with E-state index >= 15 is 0 Å². The third kappa shape index (κ3) is 6.62. The van der Waals surface area contributed by atoms with Gasteiger partial charge in [-0.15, -0.1) is 0 Å². The predicted octanol–water partition coefficient (Wildman–Crippen LogP) is 1.87. The van der Waals surface area contributed by atoms with E-state index in [-0.39, 0.29) is 0 Å². The lowest BCUT2D eigenvalue weighted by molar-refractivity contribution is -0.945. The number of carbonyl (C=O) groups is 1. The van der Waals surface area contributed by atoms with Crippen LogP contribution < -0.4 is 5.11 Å². The van der Waals surface area contributed by atoms with Crippen molar-refractivity contribution < 1.29 is 19.5 Å². The quantitative estimate of drug-likeness (QED) is 0.442. The van der Waals surface area contributed by atoms with Crippen LogP contribution in [0.15, 0.2) is 12.2 Å². The second-order valence-electron chi connectivity index (χ2n) is 5.77. The van der Waals surface area contributed by atoms with Crippen molar-refractivity contribution in [1.29, 1.82) is 0 Å². The Hall–Kier alpha value is -0.870. The van der Waals surface area contributed by atoms with E-state index in [4.69, 9.17) is 0 Å². The first kappa shape index (κ1) is 20.1. The molecular weight excluding hydrogens is 266 g/mol. The molecular formula is C17H33NO3. The molecule has 1 N–H and O–H groups in total. The number of hydrogen-bond acceptors (Lipinski definition) is 3. The molecule has 0 bridgehead atoms. The molecule has 0 amide bonds. The Morgan fingerprint density at radius 2 is 1.76 bits per heavy atom. The minimum Gasteiger partial charge on any atom is -0.544 e. The predicted molar refractivity (Wildman–Crippen MR) is 84.6 cm³/mol. The lowest BCUT2D eigenvalue weighted by Gasteiger charge is -2.45. The Kier molecular flexibility index (Phi) is 10.4. The topological polar surface area (TPSA) is 60.4 Å². The van der Waals surface area contributed by atoms with Gasteiger partial charge in [0.25, 0.3) is 0 Å². The second-order valence-corrected chi connectivity index (χ2v) is 5.77. The van der Waals surface area contributed by atoms with Crippen molar-refractivity contribution in [3.05, 3.63) is 12.2 Å². The highest BCUT2D eigenvalue weighted by molar-refractivity contribution is 5.69.